The van der Waals surface area contributed by atoms with Gasteiger partial charge in [0, 0.05) is 6.04 Å². The normalized spacial score (nSPS) is 25.4. The lowest BCUT2D eigenvalue weighted by Gasteiger charge is -2.28. The molecule has 2 N–H and O–H groups in total. The molecule has 1 aromatic carbocycles. The molecule has 0 radical (unpaired) electrons. The number of nitrogens with two attached hydrogens (primary N) is 1. The van der Waals surface area contributed by atoms with Crippen LogP contribution in [-0.2, 0) is 0 Å². The maximum atomic E-state index is 6.06. The van der Waals surface area contributed by atoms with Crippen LogP contribution in [0.15, 0.2) is 18.2 Å². The number of ether oxygens (including phenoxy) is 1. The number of hydrogen-bond donors (Lipinski definition) is 1. The fourth-order valence-electron chi connectivity index (χ4n) is 2.30. The highest BCUT2D eigenvalue weighted by Crippen LogP contribution is 2.26. The van der Waals surface area contributed by atoms with Crippen LogP contribution in [0, 0.1) is 13.8 Å². The van der Waals surface area contributed by atoms with Crippen molar-refractivity contribution < 1.29 is 4.74 Å². The van der Waals surface area contributed by atoms with Crippen LogP contribution in [0.3, 0.4) is 0 Å². The van der Waals surface area contributed by atoms with Gasteiger partial charge in [0.2, 0.25) is 0 Å². The molecule has 2 unspecified atom stereocenters. The second-order valence-corrected chi connectivity index (χ2v) is 4.94. The van der Waals surface area contributed by atoms with Gasteiger partial charge in [-0.15, -0.1) is 0 Å². The van der Waals surface area contributed by atoms with Crippen LogP contribution in [0.1, 0.15) is 36.8 Å². The molecule has 16 heavy (non-hydrogen) atoms. The Morgan fingerprint density at radius 2 is 2.06 bits per heavy atom. The van der Waals surface area contributed by atoms with Crippen LogP contribution in [0.25, 0.3) is 0 Å². The summed E-state index contributed by atoms with van der Waals surface area (Å²) in [6.07, 6.45) is 4.78. The first-order chi connectivity index (χ1) is 7.65. The Morgan fingerprint density at radius 1 is 1.25 bits per heavy atom. The second-order valence-electron chi connectivity index (χ2n) is 4.94. The van der Waals surface area contributed by atoms with E-state index in [1.807, 2.05) is 0 Å². The zero-order chi connectivity index (χ0) is 11.5. The SMILES string of the molecule is Cc1ccc(C)c(OC2CCCC(N)C2)c1. The van der Waals surface area contributed by atoms with E-state index in [0.29, 0.717) is 12.1 Å². The minimum atomic E-state index is 0.309. The molecule has 2 atom stereocenters. The fraction of sp³-hybridized carbons (Fsp3) is 0.571. The summed E-state index contributed by atoms with van der Waals surface area (Å²) < 4.78 is 6.06. The minimum Gasteiger partial charge on any atom is -0.490 e. The van der Waals surface area contributed by atoms with Crippen LogP contribution in [0.5, 0.6) is 5.75 Å². The number of rotatable bonds is 2. The van der Waals surface area contributed by atoms with Crippen molar-refractivity contribution in [3.63, 3.8) is 0 Å². The molecular formula is C14H21NO. The summed E-state index contributed by atoms with van der Waals surface area (Å²) in [5, 5.41) is 0. The molecule has 0 aliphatic heterocycles. The monoisotopic (exact) mass is 219 g/mol. The Bertz CT molecular complexity index is 362. The Hall–Kier alpha value is -1.02. The number of hydrogen-bond acceptors (Lipinski definition) is 2. The standard InChI is InChI=1S/C14H21NO/c1-10-6-7-11(2)14(8-10)16-13-5-3-4-12(15)9-13/h6-8,12-13H,3-5,9,15H2,1-2H3. The van der Waals surface area contributed by atoms with E-state index in [4.69, 9.17) is 10.5 Å². The van der Waals surface area contributed by atoms with E-state index in [9.17, 15) is 0 Å². The van der Waals surface area contributed by atoms with Gasteiger partial charge in [-0.1, -0.05) is 12.1 Å². The molecule has 2 nitrogen and oxygen atoms in total. The summed E-state index contributed by atoms with van der Waals surface area (Å²) in [6.45, 7) is 4.19. The third-order valence-electron chi connectivity index (χ3n) is 3.30. The largest absolute Gasteiger partial charge is 0.490 e. The lowest BCUT2D eigenvalue weighted by molar-refractivity contribution is 0.143. The molecule has 2 rings (SSSR count). The summed E-state index contributed by atoms with van der Waals surface area (Å²) in [4.78, 5) is 0. The summed E-state index contributed by atoms with van der Waals surface area (Å²) in [6, 6.07) is 6.68. The third kappa shape index (κ3) is 2.76. The molecule has 1 fully saturated rings. The van der Waals surface area contributed by atoms with Crippen LogP contribution < -0.4 is 10.5 Å². The van der Waals surface area contributed by atoms with Crippen molar-refractivity contribution in [2.45, 2.75) is 51.7 Å². The van der Waals surface area contributed by atoms with Gasteiger partial charge in [-0.3, -0.25) is 0 Å². The van der Waals surface area contributed by atoms with Crippen LogP contribution in [0.4, 0.5) is 0 Å². The topological polar surface area (TPSA) is 35.2 Å². The summed E-state index contributed by atoms with van der Waals surface area (Å²) in [5.74, 6) is 1.03. The zero-order valence-electron chi connectivity index (χ0n) is 10.2. The van der Waals surface area contributed by atoms with Crippen LogP contribution in [-0.4, -0.2) is 12.1 Å². The van der Waals surface area contributed by atoms with Crippen molar-refractivity contribution in [2.75, 3.05) is 0 Å². The predicted octanol–water partition coefficient (Wildman–Crippen LogP) is 2.95. The zero-order valence-corrected chi connectivity index (χ0v) is 10.2. The molecule has 1 saturated carbocycles. The highest BCUT2D eigenvalue weighted by molar-refractivity contribution is 5.36. The smallest absolute Gasteiger partial charge is 0.122 e. The van der Waals surface area contributed by atoms with Crippen molar-refractivity contribution in [2.24, 2.45) is 5.73 Å². The Labute approximate surface area is 97.8 Å². The predicted molar refractivity (Wildman–Crippen MR) is 66.8 cm³/mol. The maximum Gasteiger partial charge on any atom is 0.122 e. The van der Waals surface area contributed by atoms with Gasteiger partial charge in [-0.05, 0) is 56.7 Å². The molecule has 0 heterocycles. The van der Waals surface area contributed by atoms with Crippen molar-refractivity contribution in [1.82, 2.24) is 0 Å². The van der Waals surface area contributed by atoms with Gasteiger partial charge in [0.15, 0.2) is 0 Å². The van der Waals surface area contributed by atoms with Gasteiger partial charge in [0.25, 0.3) is 0 Å². The lowest BCUT2D eigenvalue weighted by atomic mass is 9.93. The van der Waals surface area contributed by atoms with Gasteiger partial charge in [0.1, 0.15) is 11.9 Å². The molecule has 0 saturated heterocycles. The van der Waals surface area contributed by atoms with Gasteiger partial charge in [0.05, 0.1) is 0 Å². The van der Waals surface area contributed by atoms with Crippen molar-refractivity contribution in [1.29, 1.82) is 0 Å². The molecular weight excluding hydrogens is 198 g/mol. The highest BCUT2D eigenvalue weighted by Gasteiger charge is 2.20. The van der Waals surface area contributed by atoms with E-state index >= 15 is 0 Å². The number of aryl methyl sites for hydroxylation is 2. The maximum absolute atomic E-state index is 6.06. The minimum absolute atomic E-state index is 0.309. The van der Waals surface area contributed by atoms with Gasteiger partial charge < -0.3 is 10.5 Å². The van der Waals surface area contributed by atoms with Crippen molar-refractivity contribution in [3.8, 4) is 5.75 Å². The number of benzene rings is 1. The van der Waals surface area contributed by atoms with Crippen molar-refractivity contribution in [3.05, 3.63) is 29.3 Å². The molecule has 0 aromatic heterocycles. The molecule has 1 aliphatic rings. The summed E-state index contributed by atoms with van der Waals surface area (Å²) in [7, 11) is 0. The molecule has 0 amide bonds. The van der Waals surface area contributed by atoms with E-state index in [1.165, 1.54) is 17.5 Å². The molecule has 2 heteroatoms. The fourth-order valence-corrected chi connectivity index (χ4v) is 2.30. The van der Waals surface area contributed by atoms with Gasteiger partial charge in [-0.2, -0.15) is 0 Å². The van der Waals surface area contributed by atoms with E-state index in [1.54, 1.807) is 0 Å². The van der Waals surface area contributed by atoms with E-state index < -0.39 is 0 Å². The first kappa shape index (κ1) is 11.5. The third-order valence-corrected chi connectivity index (χ3v) is 3.30. The molecule has 1 aliphatic carbocycles. The molecule has 1 aromatic rings. The first-order valence-corrected chi connectivity index (χ1v) is 6.14. The van der Waals surface area contributed by atoms with E-state index in [0.717, 1.165) is 25.0 Å². The van der Waals surface area contributed by atoms with Crippen LogP contribution >= 0.6 is 0 Å². The quantitative estimate of drug-likeness (QED) is 0.830. The van der Waals surface area contributed by atoms with Gasteiger partial charge >= 0.3 is 0 Å². The molecule has 0 spiro atoms. The Balaban J connectivity index is 2.05. The summed E-state index contributed by atoms with van der Waals surface area (Å²) in [5.41, 5.74) is 8.43. The molecule has 88 valence electrons. The molecule has 0 bridgehead atoms. The average Bonchev–Trinajstić information content (AvgIpc) is 2.24. The van der Waals surface area contributed by atoms with E-state index in [-0.39, 0.29) is 0 Å². The van der Waals surface area contributed by atoms with Crippen molar-refractivity contribution >= 4 is 0 Å². The highest BCUT2D eigenvalue weighted by atomic mass is 16.5. The second kappa shape index (κ2) is 4.88. The van der Waals surface area contributed by atoms with Crippen LogP contribution in [0.2, 0.25) is 0 Å². The lowest BCUT2D eigenvalue weighted by Crippen LogP contribution is -2.33. The Morgan fingerprint density at radius 3 is 2.81 bits per heavy atom. The van der Waals surface area contributed by atoms with E-state index in [2.05, 4.69) is 32.0 Å². The van der Waals surface area contributed by atoms with Gasteiger partial charge in [-0.25, -0.2) is 0 Å². The summed E-state index contributed by atoms with van der Waals surface area (Å²) >= 11 is 0. The Kier molecular flexibility index (Phi) is 3.49. The first-order valence-electron chi connectivity index (χ1n) is 6.14. The average molecular weight is 219 g/mol.